The Kier molecular flexibility index (Phi) is 4.14. The monoisotopic (exact) mass is 217 g/mol. The average molecular weight is 217 g/mol. The number of hydrogen-bond donors (Lipinski definition) is 3. The Hall–Kier alpha value is -1.04. The maximum Gasteiger partial charge on any atom is 0.263 e. The highest BCUT2D eigenvalue weighted by Crippen LogP contribution is 2.23. The molecule has 0 fully saturated rings. The Morgan fingerprint density at radius 1 is 1.27 bits per heavy atom. The van der Waals surface area contributed by atoms with Crippen LogP contribution in [0.15, 0.2) is 24.3 Å². The fraction of sp³-hybridized carbons (Fsp3) is 0.400. The van der Waals surface area contributed by atoms with Gasteiger partial charge in [0.15, 0.2) is 0 Å². The molecule has 0 heterocycles. The molecule has 1 aromatic rings. The lowest BCUT2D eigenvalue weighted by atomic mass is 10.0. The number of alkyl halides is 2. The highest BCUT2D eigenvalue weighted by molar-refractivity contribution is 5.26. The first-order valence-electron chi connectivity index (χ1n) is 4.48. The predicted octanol–water partition coefficient (Wildman–Crippen LogP) is 0.977. The maximum absolute atomic E-state index is 12.3. The number of halogens is 2. The van der Waals surface area contributed by atoms with E-state index in [4.69, 9.17) is 10.8 Å². The Labute approximate surface area is 86.2 Å². The summed E-state index contributed by atoms with van der Waals surface area (Å²) in [5, 5.41) is 18.3. The van der Waals surface area contributed by atoms with Crippen molar-refractivity contribution in [3.05, 3.63) is 35.4 Å². The van der Waals surface area contributed by atoms with Crippen molar-refractivity contribution in [3.63, 3.8) is 0 Å². The van der Waals surface area contributed by atoms with E-state index in [1.54, 1.807) is 0 Å². The van der Waals surface area contributed by atoms with Gasteiger partial charge in [0.25, 0.3) is 6.43 Å². The van der Waals surface area contributed by atoms with Crippen LogP contribution in [-0.2, 0) is 0 Å². The summed E-state index contributed by atoms with van der Waals surface area (Å²) < 4.78 is 24.7. The summed E-state index contributed by atoms with van der Waals surface area (Å²) in [4.78, 5) is 0. The number of benzene rings is 1. The van der Waals surface area contributed by atoms with Crippen LogP contribution in [0.4, 0.5) is 8.78 Å². The van der Waals surface area contributed by atoms with Crippen molar-refractivity contribution in [2.24, 2.45) is 5.73 Å². The zero-order valence-corrected chi connectivity index (χ0v) is 7.98. The predicted molar refractivity (Wildman–Crippen MR) is 51.4 cm³/mol. The van der Waals surface area contributed by atoms with Crippen LogP contribution < -0.4 is 5.73 Å². The van der Waals surface area contributed by atoms with E-state index >= 15 is 0 Å². The minimum atomic E-state index is -2.58. The van der Waals surface area contributed by atoms with Crippen molar-refractivity contribution >= 4 is 0 Å². The summed E-state index contributed by atoms with van der Waals surface area (Å²) in [6.45, 7) is -0.403. The van der Waals surface area contributed by atoms with E-state index in [-0.39, 0.29) is 11.1 Å². The van der Waals surface area contributed by atoms with Crippen LogP contribution in [0.5, 0.6) is 0 Å². The summed E-state index contributed by atoms with van der Waals surface area (Å²) in [6.07, 6.45) is -3.71. The average Bonchev–Trinajstić information content (AvgIpc) is 2.27. The smallest absolute Gasteiger partial charge is 0.263 e. The molecule has 1 aromatic carbocycles. The molecule has 0 aliphatic heterocycles. The van der Waals surface area contributed by atoms with Crippen LogP contribution in [0.25, 0.3) is 0 Å². The molecule has 2 atom stereocenters. The van der Waals surface area contributed by atoms with Gasteiger partial charge in [-0.05, 0) is 11.6 Å². The van der Waals surface area contributed by atoms with Gasteiger partial charge in [-0.25, -0.2) is 8.78 Å². The number of rotatable bonds is 4. The Bertz CT molecular complexity index is 320. The van der Waals surface area contributed by atoms with Gasteiger partial charge in [-0.15, -0.1) is 0 Å². The summed E-state index contributed by atoms with van der Waals surface area (Å²) in [5.41, 5.74) is 5.50. The molecule has 2 unspecified atom stereocenters. The molecule has 0 saturated carbocycles. The second-order valence-electron chi connectivity index (χ2n) is 3.26. The van der Waals surface area contributed by atoms with Gasteiger partial charge in [0.05, 0.1) is 18.8 Å². The van der Waals surface area contributed by atoms with Gasteiger partial charge in [-0.1, -0.05) is 18.2 Å². The van der Waals surface area contributed by atoms with Crippen molar-refractivity contribution in [2.75, 3.05) is 6.61 Å². The number of aliphatic hydroxyl groups excluding tert-OH is 2. The summed E-state index contributed by atoms with van der Waals surface area (Å²) >= 11 is 0. The summed E-state index contributed by atoms with van der Waals surface area (Å²) in [7, 11) is 0. The van der Waals surface area contributed by atoms with Crippen LogP contribution >= 0.6 is 0 Å². The molecule has 15 heavy (non-hydrogen) atoms. The summed E-state index contributed by atoms with van der Waals surface area (Å²) in [6, 6.07) is 4.50. The van der Waals surface area contributed by atoms with E-state index < -0.39 is 25.2 Å². The zero-order valence-electron chi connectivity index (χ0n) is 7.98. The SMILES string of the molecule is NC(CO)C(O)c1cccc(C(F)F)c1. The quantitative estimate of drug-likeness (QED) is 0.704. The van der Waals surface area contributed by atoms with E-state index in [0.29, 0.717) is 0 Å². The molecule has 0 aliphatic rings. The minimum absolute atomic E-state index is 0.170. The first-order chi connectivity index (χ1) is 7.06. The first-order valence-corrected chi connectivity index (χ1v) is 4.48. The molecule has 0 spiro atoms. The van der Waals surface area contributed by atoms with E-state index in [2.05, 4.69) is 0 Å². The van der Waals surface area contributed by atoms with Gasteiger partial charge >= 0.3 is 0 Å². The van der Waals surface area contributed by atoms with Gasteiger partial charge in [0.1, 0.15) is 0 Å². The highest BCUT2D eigenvalue weighted by atomic mass is 19.3. The first kappa shape index (κ1) is 12.0. The fourth-order valence-electron chi connectivity index (χ4n) is 1.23. The van der Waals surface area contributed by atoms with Crippen molar-refractivity contribution in [1.82, 2.24) is 0 Å². The minimum Gasteiger partial charge on any atom is -0.395 e. The third-order valence-electron chi connectivity index (χ3n) is 2.12. The lowest BCUT2D eigenvalue weighted by molar-refractivity contribution is 0.108. The number of hydrogen-bond acceptors (Lipinski definition) is 3. The van der Waals surface area contributed by atoms with E-state index in [1.807, 2.05) is 0 Å². The topological polar surface area (TPSA) is 66.5 Å². The van der Waals surface area contributed by atoms with Crippen LogP contribution in [0, 0.1) is 0 Å². The summed E-state index contributed by atoms with van der Waals surface area (Å²) in [5.74, 6) is 0. The van der Waals surface area contributed by atoms with E-state index in [9.17, 15) is 13.9 Å². The normalized spacial score (nSPS) is 15.3. The zero-order chi connectivity index (χ0) is 11.4. The second kappa shape index (κ2) is 5.16. The van der Waals surface area contributed by atoms with Crippen molar-refractivity contribution in [3.8, 4) is 0 Å². The molecule has 0 amide bonds. The van der Waals surface area contributed by atoms with Crippen molar-refractivity contribution in [1.29, 1.82) is 0 Å². The third kappa shape index (κ3) is 2.95. The van der Waals surface area contributed by atoms with Crippen LogP contribution in [0.1, 0.15) is 23.7 Å². The lowest BCUT2D eigenvalue weighted by Crippen LogP contribution is -2.31. The Morgan fingerprint density at radius 2 is 1.87 bits per heavy atom. The van der Waals surface area contributed by atoms with Gasteiger partial charge in [0, 0.05) is 5.56 Å². The van der Waals surface area contributed by atoms with Crippen LogP contribution in [0.3, 0.4) is 0 Å². The van der Waals surface area contributed by atoms with Crippen molar-refractivity contribution in [2.45, 2.75) is 18.6 Å². The molecule has 3 nitrogen and oxygen atoms in total. The van der Waals surface area contributed by atoms with Crippen LogP contribution in [0.2, 0.25) is 0 Å². The molecule has 0 saturated heterocycles. The second-order valence-corrected chi connectivity index (χ2v) is 3.26. The van der Waals surface area contributed by atoms with Gasteiger partial charge in [-0.3, -0.25) is 0 Å². The Balaban J connectivity index is 2.90. The largest absolute Gasteiger partial charge is 0.395 e. The van der Waals surface area contributed by atoms with E-state index in [0.717, 1.165) is 0 Å². The maximum atomic E-state index is 12.3. The molecule has 84 valence electrons. The molecule has 5 heteroatoms. The molecule has 0 bridgehead atoms. The van der Waals surface area contributed by atoms with Gasteiger partial charge < -0.3 is 15.9 Å². The fourth-order valence-corrected chi connectivity index (χ4v) is 1.23. The van der Waals surface area contributed by atoms with Gasteiger partial charge in [-0.2, -0.15) is 0 Å². The van der Waals surface area contributed by atoms with Crippen molar-refractivity contribution < 1.29 is 19.0 Å². The molecule has 4 N–H and O–H groups in total. The standard InChI is InChI=1S/C10H13F2NO2/c11-10(12)7-3-1-2-6(4-7)9(15)8(13)5-14/h1-4,8-10,14-15H,5,13H2. The third-order valence-corrected chi connectivity index (χ3v) is 2.12. The molecule has 0 aliphatic carbocycles. The lowest BCUT2D eigenvalue weighted by Gasteiger charge is -2.17. The Morgan fingerprint density at radius 3 is 2.40 bits per heavy atom. The number of aliphatic hydroxyl groups is 2. The molecule has 0 radical (unpaired) electrons. The number of nitrogens with two attached hydrogens (primary N) is 1. The van der Waals surface area contributed by atoms with Gasteiger partial charge in [0.2, 0.25) is 0 Å². The molecular formula is C10H13F2NO2. The highest BCUT2D eigenvalue weighted by Gasteiger charge is 2.17. The molecular weight excluding hydrogens is 204 g/mol. The molecule has 1 rings (SSSR count). The molecule has 0 aromatic heterocycles. The van der Waals surface area contributed by atoms with Crippen LogP contribution in [-0.4, -0.2) is 22.9 Å². The van der Waals surface area contributed by atoms with E-state index in [1.165, 1.54) is 24.3 Å².